The van der Waals surface area contributed by atoms with Gasteiger partial charge >= 0.3 is 0 Å². The van der Waals surface area contributed by atoms with Crippen molar-refractivity contribution in [2.45, 2.75) is 13.3 Å². The number of rotatable bonds is 3. The number of hydrogen-bond acceptors (Lipinski definition) is 5. The quantitative estimate of drug-likeness (QED) is 0.790. The van der Waals surface area contributed by atoms with Crippen molar-refractivity contribution in [3.05, 3.63) is 23.6 Å². The normalized spacial score (nSPS) is 10.7. The van der Waals surface area contributed by atoms with Crippen molar-refractivity contribution in [2.24, 2.45) is 5.73 Å². The summed E-state index contributed by atoms with van der Waals surface area (Å²) in [5, 5.41) is 7.57. The van der Waals surface area contributed by atoms with Gasteiger partial charge in [-0.1, -0.05) is 10.3 Å². The molecule has 0 saturated carbocycles. The van der Waals surface area contributed by atoms with Crippen LogP contribution < -0.4 is 5.73 Å². The maximum absolute atomic E-state index is 5.46. The third kappa shape index (κ3) is 1.54. The highest BCUT2D eigenvalue weighted by atomic mass is 16.5. The van der Waals surface area contributed by atoms with Crippen molar-refractivity contribution in [2.75, 3.05) is 6.54 Å². The average Bonchev–Trinajstić information content (AvgIpc) is 2.74. The smallest absolute Gasteiger partial charge is 0.191 e. The Morgan fingerprint density at radius 3 is 2.93 bits per heavy atom. The number of nitrogens with two attached hydrogens (primary N) is 1. The summed E-state index contributed by atoms with van der Waals surface area (Å²) in [4.78, 5) is 0. The first-order chi connectivity index (χ1) is 6.81. The van der Waals surface area contributed by atoms with Crippen molar-refractivity contribution in [1.29, 1.82) is 0 Å². The maximum atomic E-state index is 5.46. The Bertz CT molecular complexity index is 419. The lowest BCUT2D eigenvalue weighted by Crippen LogP contribution is -2.02. The molecule has 2 aromatic heterocycles. The summed E-state index contributed by atoms with van der Waals surface area (Å²) in [6.45, 7) is 2.39. The van der Waals surface area contributed by atoms with Crippen LogP contribution >= 0.6 is 0 Å². The van der Waals surface area contributed by atoms with E-state index in [1.54, 1.807) is 12.3 Å². The third-order valence-corrected chi connectivity index (χ3v) is 1.92. The van der Waals surface area contributed by atoms with Gasteiger partial charge in [-0.2, -0.15) is 0 Å². The number of hydrogen-bond donors (Lipinski definition) is 1. The molecule has 2 rings (SSSR count). The molecule has 5 nitrogen and oxygen atoms in total. The molecule has 0 fully saturated rings. The number of aromatic nitrogens is 2. The summed E-state index contributed by atoms with van der Waals surface area (Å²) >= 11 is 0. The summed E-state index contributed by atoms with van der Waals surface area (Å²) in [5.41, 5.74) is 7.09. The van der Waals surface area contributed by atoms with Gasteiger partial charge in [-0.3, -0.25) is 0 Å². The second kappa shape index (κ2) is 3.63. The molecule has 5 heteroatoms. The van der Waals surface area contributed by atoms with Gasteiger partial charge in [-0.25, -0.2) is 0 Å². The van der Waals surface area contributed by atoms with Gasteiger partial charge < -0.3 is 14.8 Å². The summed E-state index contributed by atoms with van der Waals surface area (Å²) < 4.78 is 10.0. The van der Waals surface area contributed by atoms with E-state index in [1.807, 2.05) is 6.92 Å². The van der Waals surface area contributed by atoms with Crippen molar-refractivity contribution in [1.82, 2.24) is 10.3 Å². The molecular formula is C9H11N3O2. The van der Waals surface area contributed by atoms with E-state index in [9.17, 15) is 0 Å². The van der Waals surface area contributed by atoms with Crippen molar-refractivity contribution in [3.8, 4) is 11.5 Å². The molecule has 0 aliphatic carbocycles. The first-order valence-corrected chi connectivity index (χ1v) is 4.38. The lowest BCUT2D eigenvalue weighted by atomic mass is 10.1. The van der Waals surface area contributed by atoms with Gasteiger partial charge in [0.05, 0.1) is 6.20 Å². The summed E-state index contributed by atoms with van der Waals surface area (Å²) in [6, 6.07) is 1.81. The van der Waals surface area contributed by atoms with E-state index in [1.165, 1.54) is 0 Å². The predicted molar refractivity (Wildman–Crippen MR) is 49.5 cm³/mol. The van der Waals surface area contributed by atoms with Crippen LogP contribution in [0.1, 0.15) is 11.3 Å². The van der Waals surface area contributed by atoms with Crippen LogP contribution in [0.25, 0.3) is 11.5 Å². The highest BCUT2D eigenvalue weighted by Crippen LogP contribution is 2.22. The monoisotopic (exact) mass is 193 g/mol. The highest BCUT2D eigenvalue weighted by molar-refractivity contribution is 5.55. The van der Waals surface area contributed by atoms with E-state index in [2.05, 4.69) is 10.3 Å². The SMILES string of the molecule is Cc1cc(-c2oncc2CCN)no1. The van der Waals surface area contributed by atoms with E-state index in [-0.39, 0.29) is 0 Å². The van der Waals surface area contributed by atoms with E-state index in [0.717, 1.165) is 17.7 Å². The van der Waals surface area contributed by atoms with Gasteiger partial charge in [0.25, 0.3) is 0 Å². The fraction of sp³-hybridized carbons (Fsp3) is 0.333. The molecule has 0 atom stereocenters. The molecule has 2 aromatic rings. The zero-order valence-corrected chi connectivity index (χ0v) is 7.86. The molecule has 0 amide bonds. The maximum Gasteiger partial charge on any atom is 0.191 e. The lowest BCUT2D eigenvalue weighted by Gasteiger charge is -1.93. The molecule has 0 radical (unpaired) electrons. The Hall–Kier alpha value is -1.62. The molecule has 0 spiro atoms. The van der Waals surface area contributed by atoms with E-state index in [4.69, 9.17) is 14.8 Å². The molecular weight excluding hydrogens is 182 g/mol. The van der Waals surface area contributed by atoms with Crippen LogP contribution in [0.15, 0.2) is 21.3 Å². The Balaban J connectivity index is 2.36. The van der Waals surface area contributed by atoms with Gasteiger partial charge in [0.2, 0.25) is 0 Å². The summed E-state index contributed by atoms with van der Waals surface area (Å²) in [5.74, 6) is 1.39. The fourth-order valence-corrected chi connectivity index (χ4v) is 1.28. The van der Waals surface area contributed by atoms with Crippen LogP contribution in [0.5, 0.6) is 0 Å². The summed E-state index contributed by atoms with van der Waals surface area (Å²) in [6.07, 6.45) is 2.39. The highest BCUT2D eigenvalue weighted by Gasteiger charge is 2.13. The van der Waals surface area contributed by atoms with Gasteiger partial charge in [0.1, 0.15) is 5.76 Å². The Labute approximate surface area is 80.9 Å². The van der Waals surface area contributed by atoms with Gasteiger partial charge in [0.15, 0.2) is 11.5 Å². The average molecular weight is 193 g/mol. The number of aryl methyl sites for hydroxylation is 1. The van der Waals surface area contributed by atoms with E-state index >= 15 is 0 Å². The van der Waals surface area contributed by atoms with Crippen LogP contribution in [0.4, 0.5) is 0 Å². The molecule has 0 saturated heterocycles. The fourth-order valence-electron chi connectivity index (χ4n) is 1.28. The summed E-state index contributed by atoms with van der Waals surface area (Å²) in [7, 11) is 0. The van der Waals surface area contributed by atoms with Gasteiger partial charge in [-0.15, -0.1) is 0 Å². The van der Waals surface area contributed by atoms with Crippen molar-refractivity contribution in [3.63, 3.8) is 0 Å². The van der Waals surface area contributed by atoms with Crippen molar-refractivity contribution >= 4 is 0 Å². The first-order valence-electron chi connectivity index (χ1n) is 4.38. The van der Waals surface area contributed by atoms with Gasteiger partial charge in [0, 0.05) is 11.6 Å². The molecule has 0 aliphatic rings. The number of nitrogens with zero attached hydrogens (tertiary/aromatic N) is 2. The zero-order valence-electron chi connectivity index (χ0n) is 7.86. The van der Waals surface area contributed by atoms with Crippen LogP contribution in [0.3, 0.4) is 0 Å². The standard InChI is InChI=1S/C9H11N3O2/c1-6-4-8(12-13-6)9-7(2-3-10)5-11-14-9/h4-5H,2-3,10H2,1H3. The van der Waals surface area contributed by atoms with Gasteiger partial charge in [-0.05, 0) is 19.9 Å². The van der Waals surface area contributed by atoms with Crippen LogP contribution in [-0.2, 0) is 6.42 Å². The molecule has 0 aromatic carbocycles. The molecule has 2 heterocycles. The first kappa shape index (κ1) is 8.96. The lowest BCUT2D eigenvalue weighted by molar-refractivity contribution is 0.390. The second-order valence-electron chi connectivity index (χ2n) is 3.04. The Morgan fingerprint density at radius 1 is 1.43 bits per heavy atom. The van der Waals surface area contributed by atoms with Crippen molar-refractivity contribution < 1.29 is 9.05 Å². The van der Waals surface area contributed by atoms with Crippen LogP contribution in [0, 0.1) is 6.92 Å². The van der Waals surface area contributed by atoms with Crippen LogP contribution in [-0.4, -0.2) is 16.9 Å². The second-order valence-corrected chi connectivity index (χ2v) is 3.04. The third-order valence-electron chi connectivity index (χ3n) is 1.92. The minimum absolute atomic E-state index is 0.561. The van der Waals surface area contributed by atoms with E-state index in [0.29, 0.717) is 18.0 Å². The topological polar surface area (TPSA) is 78.1 Å². The molecule has 74 valence electrons. The molecule has 0 unspecified atom stereocenters. The predicted octanol–water partition coefficient (Wildman–Crippen LogP) is 1.14. The molecule has 0 bridgehead atoms. The largest absolute Gasteiger partial charge is 0.361 e. The molecule has 2 N–H and O–H groups in total. The Morgan fingerprint density at radius 2 is 2.29 bits per heavy atom. The Kier molecular flexibility index (Phi) is 2.32. The minimum Gasteiger partial charge on any atom is -0.361 e. The minimum atomic E-state index is 0.561. The van der Waals surface area contributed by atoms with E-state index < -0.39 is 0 Å². The van der Waals surface area contributed by atoms with Crippen LogP contribution in [0.2, 0.25) is 0 Å². The molecule has 0 aliphatic heterocycles. The molecule has 14 heavy (non-hydrogen) atoms. The zero-order chi connectivity index (χ0) is 9.97.